The zero-order valence-electron chi connectivity index (χ0n) is 14.0. The Labute approximate surface area is 137 Å². The third kappa shape index (κ3) is 2.74. The van der Waals surface area contributed by atoms with Gasteiger partial charge in [0, 0.05) is 43.9 Å². The van der Waals surface area contributed by atoms with Gasteiger partial charge in [0.2, 0.25) is 0 Å². The lowest BCUT2D eigenvalue weighted by Crippen LogP contribution is -2.46. The van der Waals surface area contributed by atoms with Crippen LogP contribution in [0.4, 0.5) is 0 Å². The number of hydrogen-bond acceptors (Lipinski definition) is 2. The maximum atomic E-state index is 12.1. The number of hydrogen-bond donors (Lipinski definition) is 0. The molecule has 1 aromatic carbocycles. The highest BCUT2D eigenvalue weighted by Crippen LogP contribution is 2.35. The summed E-state index contributed by atoms with van der Waals surface area (Å²) in [5, 5.41) is 0. The summed E-state index contributed by atoms with van der Waals surface area (Å²) < 4.78 is 2.01. The molecule has 4 rings (SSSR count). The molecule has 0 aliphatic carbocycles. The molecule has 1 saturated heterocycles. The number of nitrogens with zero attached hydrogens (tertiary/aromatic N) is 2. The topological polar surface area (TPSA) is 25.2 Å². The van der Waals surface area contributed by atoms with Gasteiger partial charge in [0.1, 0.15) is 0 Å². The SMILES string of the molecule is Cc1ccc(C)c(CN2C[C@H]3C[C@@H](C2)c2cccc(=O)n2C3)c1. The molecule has 2 bridgehead atoms. The van der Waals surface area contributed by atoms with Crippen molar-refractivity contribution in [1.82, 2.24) is 9.47 Å². The second-order valence-corrected chi connectivity index (χ2v) is 7.32. The molecular formula is C20H24N2O. The van der Waals surface area contributed by atoms with E-state index in [0.29, 0.717) is 11.8 Å². The van der Waals surface area contributed by atoms with Crippen molar-refractivity contribution >= 4 is 0 Å². The van der Waals surface area contributed by atoms with Gasteiger partial charge >= 0.3 is 0 Å². The molecule has 3 nitrogen and oxygen atoms in total. The van der Waals surface area contributed by atoms with E-state index in [9.17, 15) is 4.79 Å². The summed E-state index contributed by atoms with van der Waals surface area (Å²) >= 11 is 0. The average molecular weight is 308 g/mol. The highest BCUT2D eigenvalue weighted by Gasteiger charge is 2.34. The third-order valence-corrected chi connectivity index (χ3v) is 5.45. The van der Waals surface area contributed by atoms with Gasteiger partial charge in [-0.2, -0.15) is 0 Å². The smallest absolute Gasteiger partial charge is 0.250 e. The van der Waals surface area contributed by atoms with Crippen LogP contribution < -0.4 is 5.56 Å². The Bertz CT molecular complexity index is 792. The Hall–Kier alpha value is -1.87. The normalized spacial score (nSPS) is 23.6. The van der Waals surface area contributed by atoms with Crippen molar-refractivity contribution in [3.63, 3.8) is 0 Å². The van der Waals surface area contributed by atoms with Crippen LogP contribution in [0.5, 0.6) is 0 Å². The lowest BCUT2D eigenvalue weighted by atomic mass is 9.83. The fourth-order valence-corrected chi connectivity index (χ4v) is 4.34. The Morgan fingerprint density at radius 2 is 1.96 bits per heavy atom. The first-order valence-electron chi connectivity index (χ1n) is 8.58. The summed E-state index contributed by atoms with van der Waals surface area (Å²) in [5.74, 6) is 1.10. The monoisotopic (exact) mass is 308 g/mol. The molecule has 3 heterocycles. The highest BCUT2D eigenvalue weighted by molar-refractivity contribution is 5.30. The molecular weight excluding hydrogens is 284 g/mol. The van der Waals surface area contributed by atoms with Gasteiger partial charge in [-0.15, -0.1) is 0 Å². The van der Waals surface area contributed by atoms with Crippen molar-refractivity contribution in [1.29, 1.82) is 0 Å². The molecule has 23 heavy (non-hydrogen) atoms. The van der Waals surface area contributed by atoms with E-state index in [1.807, 2.05) is 10.6 Å². The Kier molecular flexibility index (Phi) is 3.61. The first kappa shape index (κ1) is 14.7. The van der Waals surface area contributed by atoms with Crippen molar-refractivity contribution in [2.45, 2.75) is 39.3 Å². The molecule has 1 fully saturated rings. The van der Waals surface area contributed by atoms with Gasteiger partial charge in [-0.25, -0.2) is 0 Å². The molecule has 120 valence electrons. The van der Waals surface area contributed by atoms with Gasteiger partial charge in [-0.05, 0) is 43.4 Å². The molecule has 2 atom stereocenters. The molecule has 2 aliphatic heterocycles. The molecule has 0 unspecified atom stereocenters. The highest BCUT2D eigenvalue weighted by atomic mass is 16.1. The van der Waals surface area contributed by atoms with Crippen molar-refractivity contribution in [3.8, 4) is 0 Å². The fraction of sp³-hybridized carbons (Fsp3) is 0.450. The van der Waals surface area contributed by atoms with Crippen LogP contribution >= 0.6 is 0 Å². The van der Waals surface area contributed by atoms with E-state index in [-0.39, 0.29) is 5.56 Å². The van der Waals surface area contributed by atoms with Gasteiger partial charge in [0.15, 0.2) is 0 Å². The third-order valence-electron chi connectivity index (χ3n) is 5.45. The molecule has 3 heteroatoms. The number of rotatable bonds is 2. The standard InChI is InChI=1S/C20H24N2O/c1-14-6-7-15(2)17(8-14)12-21-10-16-9-18(13-21)19-4-3-5-20(23)22(19)11-16/h3-8,16,18H,9-13H2,1-2H3/t16-,18+/m1/s1. The van der Waals surface area contributed by atoms with Crippen LogP contribution in [0.3, 0.4) is 0 Å². The van der Waals surface area contributed by atoms with Crippen molar-refractivity contribution in [2.75, 3.05) is 13.1 Å². The second kappa shape index (κ2) is 5.64. The van der Waals surface area contributed by atoms with Crippen LogP contribution in [0.25, 0.3) is 0 Å². The Balaban J connectivity index is 1.59. The van der Waals surface area contributed by atoms with Gasteiger partial charge in [-0.3, -0.25) is 9.69 Å². The zero-order chi connectivity index (χ0) is 16.0. The minimum atomic E-state index is 0.167. The lowest BCUT2D eigenvalue weighted by Gasteiger charge is -2.43. The molecule has 0 saturated carbocycles. The lowest BCUT2D eigenvalue weighted by molar-refractivity contribution is 0.114. The van der Waals surface area contributed by atoms with Crippen molar-refractivity contribution in [3.05, 3.63) is 69.1 Å². The van der Waals surface area contributed by atoms with Crippen LogP contribution in [0.1, 0.15) is 34.7 Å². The molecule has 2 aromatic rings. The quantitative estimate of drug-likeness (QED) is 0.852. The summed E-state index contributed by atoms with van der Waals surface area (Å²) in [7, 11) is 0. The number of aromatic nitrogens is 1. The van der Waals surface area contributed by atoms with E-state index in [1.165, 1.54) is 28.8 Å². The van der Waals surface area contributed by atoms with Crippen molar-refractivity contribution < 1.29 is 0 Å². The summed E-state index contributed by atoms with van der Waals surface area (Å²) in [4.78, 5) is 14.7. The van der Waals surface area contributed by atoms with E-state index in [1.54, 1.807) is 6.07 Å². The number of pyridine rings is 1. The number of fused-ring (bicyclic) bond motifs is 4. The van der Waals surface area contributed by atoms with E-state index in [2.05, 4.69) is 43.0 Å². The number of benzene rings is 1. The maximum absolute atomic E-state index is 12.1. The van der Waals surface area contributed by atoms with E-state index < -0.39 is 0 Å². The number of aryl methyl sites for hydroxylation is 2. The second-order valence-electron chi connectivity index (χ2n) is 7.32. The number of likely N-dealkylation sites (tertiary alicyclic amines) is 1. The molecule has 2 aliphatic rings. The summed E-state index contributed by atoms with van der Waals surface area (Å²) in [6.45, 7) is 8.44. The van der Waals surface area contributed by atoms with Gasteiger partial charge in [0.25, 0.3) is 5.56 Å². The fourth-order valence-electron chi connectivity index (χ4n) is 4.34. The molecule has 0 amide bonds. The Morgan fingerprint density at radius 1 is 1.09 bits per heavy atom. The molecule has 0 N–H and O–H groups in total. The zero-order valence-corrected chi connectivity index (χ0v) is 14.0. The minimum absolute atomic E-state index is 0.167. The minimum Gasteiger partial charge on any atom is -0.312 e. The van der Waals surface area contributed by atoms with E-state index >= 15 is 0 Å². The maximum Gasteiger partial charge on any atom is 0.250 e. The van der Waals surface area contributed by atoms with Crippen LogP contribution in [-0.4, -0.2) is 22.6 Å². The van der Waals surface area contributed by atoms with Crippen molar-refractivity contribution in [2.24, 2.45) is 5.92 Å². The largest absolute Gasteiger partial charge is 0.312 e. The Morgan fingerprint density at radius 3 is 2.83 bits per heavy atom. The van der Waals surface area contributed by atoms with Crippen LogP contribution in [0.15, 0.2) is 41.2 Å². The first-order chi connectivity index (χ1) is 11.1. The molecule has 1 aromatic heterocycles. The van der Waals surface area contributed by atoms with E-state index in [4.69, 9.17) is 0 Å². The average Bonchev–Trinajstić information content (AvgIpc) is 2.52. The predicted molar refractivity (Wildman–Crippen MR) is 92.7 cm³/mol. The predicted octanol–water partition coefficient (Wildman–Crippen LogP) is 3.08. The van der Waals surface area contributed by atoms with Gasteiger partial charge in [0.05, 0.1) is 0 Å². The van der Waals surface area contributed by atoms with Gasteiger partial charge < -0.3 is 4.57 Å². The summed E-state index contributed by atoms with van der Waals surface area (Å²) in [6.07, 6.45) is 1.23. The first-order valence-corrected chi connectivity index (χ1v) is 8.58. The van der Waals surface area contributed by atoms with Crippen LogP contribution in [0.2, 0.25) is 0 Å². The van der Waals surface area contributed by atoms with E-state index in [0.717, 1.165) is 26.2 Å². The van der Waals surface area contributed by atoms with Crippen LogP contribution in [-0.2, 0) is 13.1 Å². The summed E-state index contributed by atoms with van der Waals surface area (Å²) in [6, 6.07) is 12.5. The van der Waals surface area contributed by atoms with Gasteiger partial charge in [-0.1, -0.05) is 29.8 Å². The number of piperidine rings is 1. The molecule has 0 spiro atoms. The summed E-state index contributed by atoms with van der Waals surface area (Å²) in [5.41, 5.74) is 5.55. The van der Waals surface area contributed by atoms with Crippen LogP contribution in [0, 0.1) is 19.8 Å². The molecule has 0 radical (unpaired) electrons.